The summed E-state index contributed by atoms with van der Waals surface area (Å²) in [6.07, 6.45) is 5.80. The summed E-state index contributed by atoms with van der Waals surface area (Å²) in [5.41, 5.74) is 1.57. The number of aliphatic hydroxyl groups is 2. The highest BCUT2D eigenvalue weighted by Crippen LogP contribution is 2.45. The zero-order chi connectivity index (χ0) is 15.6. The number of nitrogens with zero attached hydrogens (tertiary/aromatic N) is 1. The van der Waals surface area contributed by atoms with Crippen LogP contribution in [0.2, 0.25) is 5.02 Å². The number of aliphatic hydroxyl groups excluding tert-OH is 2. The van der Waals surface area contributed by atoms with Gasteiger partial charge in [-0.15, -0.1) is 0 Å². The van der Waals surface area contributed by atoms with Crippen molar-refractivity contribution < 1.29 is 10.2 Å². The molecule has 0 unspecified atom stereocenters. The highest BCUT2D eigenvalue weighted by atomic mass is 35.5. The summed E-state index contributed by atoms with van der Waals surface area (Å²) < 4.78 is 0. The van der Waals surface area contributed by atoms with E-state index in [9.17, 15) is 10.2 Å². The van der Waals surface area contributed by atoms with Gasteiger partial charge in [0, 0.05) is 29.6 Å². The molecule has 1 aliphatic carbocycles. The topological polar surface area (TPSA) is 43.7 Å². The van der Waals surface area contributed by atoms with E-state index in [0.29, 0.717) is 0 Å². The predicted molar refractivity (Wildman–Crippen MR) is 96.0 cm³/mol. The van der Waals surface area contributed by atoms with E-state index in [4.69, 9.17) is 11.6 Å². The van der Waals surface area contributed by atoms with Crippen molar-refractivity contribution in [3.8, 4) is 0 Å². The molecule has 1 aromatic carbocycles. The molecule has 0 spiro atoms. The lowest BCUT2D eigenvalue weighted by molar-refractivity contribution is -0.00311. The first kappa shape index (κ1) is 18.7. The van der Waals surface area contributed by atoms with Crippen LogP contribution < -0.4 is 0 Å². The fraction of sp³-hybridized carbons (Fsp3) is 0.684. The van der Waals surface area contributed by atoms with Gasteiger partial charge in [-0.25, -0.2) is 0 Å². The van der Waals surface area contributed by atoms with Crippen molar-refractivity contribution in [1.82, 2.24) is 4.90 Å². The van der Waals surface area contributed by atoms with Gasteiger partial charge >= 0.3 is 0 Å². The van der Waals surface area contributed by atoms with Crippen LogP contribution in [0.15, 0.2) is 24.3 Å². The summed E-state index contributed by atoms with van der Waals surface area (Å²) >= 11 is 6.03. The molecule has 23 heavy (non-hydrogen) atoms. The van der Waals surface area contributed by atoms with Crippen LogP contribution in [0, 0.1) is 5.92 Å². The molecule has 1 aromatic rings. The van der Waals surface area contributed by atoms with Crippen LogP contribution in [0.5, 0.6) is 0 Å². The van der Waals surface area contributed by atoms with Crippen LogP contribution in [-0.2, 0) is 5.41 Å². The van der Waals surface area contributed by atoms with Gasteiger partial charge in [-0.05, 0) is 55.8 Å². The van der Waals surface area contributed by atoms with Crippen LogP contribution >= 0.6 is 11.6 Å². The third-order valence-electron chi connectivity index (χ3n) is 5.73. The second-order valence-electron chi connectivity index (χ2n) is 6.95. The first-order valence-electron chi connectivity index (χ1n) is 8.40. The Bertz CT molecular complexity index is 487. The van der Waals surface area contributed by atoms with Gasteiger partial charge in [0.1, 0.15) is 0 Å². The molecule has 3 nitrogen and oxygen atoms in total. The largest absolute Gasteiger partial charge is 0.396 e. The van der Waals surface area contributed by atoms with Gasteiger partial charge < -0.3 is 10.2 Å². The molecule has 4 heteroatoms. The number of piperidine rings is 1. The summed E-state index contributed by atoms with van der Waals surface area (Å²) in [6, 6.07) is 8.37. The summed E-state index contributed by atoms with van der Waals surface area (Å²) in [6.45, 7) is 2.32. The predicted octanol–water partition coefficient (Wildman–Crippen LogP) is 3.46. The number of rotatable bonds is 5. The Morgan fingerprint density at radius 2 is 1.78 bits per heavy atom. The van der Waals surface area contributed by atoms with Gasteiger partial charge in [0.05, 0.1) is 6.61 Å². The Hall–Kier alpha value is -0.610. The fourth-order valence-electron chi connectivity index (χ4n) is 4.22. The van der Waals surface area contributed by atoms with Gasteiger partial charge in [-0.3, -0.25) is 4.90 Å². The lowest BCUT2D eigenvalue weighted by atomic mass is 9.63. The van der Waals surface area contributed by atoms with Crippen LogP contribution in [0.1, 0.15) is 45.1 Å². The molecule has 0 radical (unpaired) electrons. The molecule has 1 saturated heterocycles. The SMILES string of the molecule is C.OC[C@@H]1CCCN(CC2(c3ccc(Cl)cc3)CCC2)[C@@H]1CO. The molecule has 1 saturated carbocycles. The molecule has 1 heterocycles. The van der Waals surface area contributed by atoms with Gasteiger partial charge in [0.2, 0.25) is 0 Å². The van der Waals surface area contributed by atoms with E-state index in [-0.39, 0.29) is 38.0 Å². The molecule has 2 aliphatic rings. The Kier molecular flexibility index (Phi) is 6.49. The van der Waals surface area contributed by atoms with E-state index < -0.39 is 0 Å². The average molecular weight is 340 g/mol. The van der Waals surface area contributed by atoms with Gasteiger partial charge in [-0.1, -0.05) is 37.6 Å². The van der Waals surface area contributed by atoms with E-state index in [2.05, 4.69) is 17.0 Å². The summed E-state index contributed by atoms with van der Waals surface area (Å²) in [4.78, 5) is 2.41. The number of hydrogen-bond donors (Lipinski definition) is 2. The maximum Gasteiger partial charge on any atom is 0.0590 e. The Balaban J connectivity index is 0.00000192. The standard InChI is InChI=1S/C18H26ClNO2.CH4/c19-16-6-4-15(5-7-16)18(8-2-9-18)13-20-10-1-3-14(11-21)17(20)12-22;/h4-7,14,17,21-22H,1-3,8-13H2;1H4/t14-,17+;/m0./s1. The minimum Gasteiger partial charge on any atom is -0.396 e. The van der Waals surface area contributed by atoms with Gasteiger partial charge in [-0.2, -0.15) is 0 Å². The third kappa shape index (κ3) is 3.74. The average Bonchev–Trinajstić information content (AvgIpc) is 2.51. The zero-order valence-corrected chi connectivity index (χ0v) is 13.8. The Labute approximate surface area is 145 Å². The third-order valence-corrected chi connectivity index (χ3v) is 5.98. The quantitative estimate of drug-likeness (QED) is 0.863. The molecule has 1 aliphatic heterocycles. The maximum atomic E-state index is 9.79. The van der Waals surface area contributed by atoms with Crippen molar-refractivity contribution in [2.24, 2.45) is 5.92 Å². The molecule has 130 valence electrons. The van der Waals surface area contributed by atoms with Crippen LogP contribution in [0.25, 0.3) is 0 Å². The molecular formula is C19H30ClNO2. The molecule has 2 N–H and O–H groups in total. The summed E-state index contributed by atoms with van der Waals surface area (Å²) in [5, 5.41) is 20.1. The smallest absolute Gasteiger partial charge is 0.0590 e. The lowest BCUT2D eigenvalue weighted by Crippen LogP contribution is -2.55. The Morgan fingerprint density at radius 3 is 2.30 bits per heavy atom. The fourth-order valence-corrected chi connectivity index (χ4v) is 4.35. The normalized spacial score (nSPS) is 27.1. The molecule has 0 bridgehead atoms. The minimum atomic E-state index is 0. The summed E-state index contributed by atoms with van der Waals surface area (Å²) in [5.74, 6) is 0.209. The second-order valence-corrected chi connectivity index (χ2v) is 7.38. The van der Waals surface area contributed by atoms with E-state index in [0.717, 1.165) is 31.0 Å². The molecule has 0 amide bonds. The van der Waals surface area contributed by atoms with E-state index >= 15 is 0 Å². The second kappa shape index (κ2) is 7.98. The molecule has 3 rings (SSSR count). The minimum absolute atomic E-state index is 0. The van der Waals surface area contributed by atoms with Crippen molar-refractivity contribution in [2.75, 3.05) is 26.3 Å². The molecule has 2 fully saturated rings. The molecule has 0 aromatic heterocycles. The summed E-state index contributed by atoms with van der Waals surface area (Å²) in [7, 11) is 0. The number of likely N-dealkylation sites (tertiary alicyclic amines) is 1. The first-order valence-corrected chi connectivity index (χ1v) is 8.78. The van der Waals surface area contributed by atoms with Crippen molar-refractivity contribution in [3.05, 3.63) is 34.9 Å². The van der Waals surface area contributed by atoms with E-state index in [1.165, 1.54) is 24.8 Å². The molecular weight excluding hydrogens is 310 g/mol. The number of hydrogen-bond acceptors (Lipinski definition) is 3. The van der Waals surface area contributed by atoms with Crippen molar-refractivity contribution >= 4 is 11.6 Å². The van der Waals surface area contributed by atoms with Gasteiger partial charge in [0.15, 0.2) is 0 Å². The van der Waals surface area contributed by atoms with Crippen LogP contribution in [-0.4, -0.2) is 47.5 Å². The van der Waals surface area contributed by atoms with Crippen molar-refractivity contribution in [1.29, 1.82) is 0 Å². The number of halogens is 1. The van der Waals surface area contributed by atoms with Crippen molar-refractivity contribution in [2.45, 2.75) is 51.0 Å². The maximum absolute atomic E-state index is 9.79. The number of benzene rings is 1. The lowest BCUT2D eigenvalue weighted by Gasteiger charge is -2.50. The van der Waals surface area contributed by atoms with E-state index in [1.54, 1.807) is 0 Å². The van der Waals surface area contributed by atoms with Crippen LogP contribution in [0.4, 0.5) is 0 Å². The zero-order valence-electron chi connectivity index (χ0n) is 13.0. The monoisotopic (exact) mass is 339 g/mol. The highest BCUT2D eigenvalue weighted by Gasteiger charge is 2.42. The molecule has 2 atom stereocenters. The first-order chi connectivity index (χ1) is 10.7. The van der Waals surface area contributed by atoms with Crippen molar-refractivity contribution in [3.63, 3.8) is 0 Å². The van der Waals surface area contributed by atoms with Crippen LogP contribution in [0.3, 0.4) is 0 Å². The highest BCUT2D eigenvalue weighted by molar-refractivity contribution is 6.30. The van der Waals surface area contributed by atoms with E-state index in [1.807, 2.05) is 12.1 Å². The Morgan fingerprint density at radius 1 is 1.09 bits per heavy atom. The van der Waals surface area contributed by atoms with Gasteiger partial charge in [0.25, 0.3) is 0 Å².